The third kappa shape index (κ3) is 0.971. The lowest BCUT2D eigenvalue weighted by Gasteiger charge is -2.45. The van der Waals surface area contributed by atoms with E-state index < -0.39 is 0 Å². The van der Waals surface area contributed by atoms with E-state index in [1.807, 2.05) is 0 Å². The molecule has 3 fully saturated rings. The van der Waals surface area contributed by atoms with Crippen LogP contribution < -0.4 is 5.73 Å². The Balaban J connectivity index is 1.88. The molecule has 3 atom stereocenters. The lowest BCUT2D eigenvalue weighted by molar-refractivity contribution is 0.0779. The highest BCUT2D eigenvalue weighted by atomic mass is 14.8. The molecule has 2 bridgehead atoms. The van der Waals surface area contributed by atoms with E-state index in [0.29, 0.717) is 11.5 Å². The summed E-state index contributed by atoms with van der Waals surface area (Å²) in [5.74, 6) is 1.93. The molecule has 3 saturated carbocycles. The zero-order valence-electron chi connectivity index (χ0n) is 8.47. The summed E-state index contributed by atoms with van der Waals surface area (Å²) in [5, 5.41) is 0. The average Bonchev–Trinajstić information content (AvgIpc) is 2.73. The SMILES string of the molecule is N[C@H]1[C@@H]2CC[C@@H](C2)C12CCCCC2. The fourth-order valence-corrected chi connectivity index (χ4v) is 4.56. The van der Waals surface area contributed by atoms with E-state index in [-0.39, 0.29) is 0 Å². The first kappa shape index (κ1) is 8.28. The van der Waals surface area contributed by atoms with Gasteiger partial charge in [-0.05, 0) is 49.4 Å². The van der Waals surface area contributed by atoms with E-state index in [2.05, 4.69) is 0 Å². The molecule has 0 aromatic heterocycles. The molecular weight excluding hydrogens is 158 g/mol. The zero-order chi connectivity index (χ0) is 8.89. The molecule has 3 rings (SSSR count). The maximum Gasteiger partial charge on any atom is 0.0127 e. The maximum absolute atomic E-state index is 6.43. The monoisotopic (exact) mass is 179 g/mol. The molecule has 0 aromatic rings. The van der Waals surface area contributed by atoms with E-state index in [1.165, 1.54) is 51.4 Å². The van der Waals surface area contributed by atoms with Gasteiger partial charge in [-0.15, -0.1) is 0 Å². The summed E-state index contributed by atoms with van der Waals surface area (Å²) in [7, 11) is 0. The minimum atomic E-state index is 0.576. The summed E-state index contributed by atoms with van der Waals surface area (Å²) in [4.78, 5) is 0. The Hall–Kier alpha value is -0.0400. The lowest BCUT2D eigenvalue weighted by atomic mass is 9.62. The van der Waals surface area contributed by atoms with Gasteiger partial charge in [-0.3, -0.25) is 0 Å². The van der Waals surface area contributed by atoms with Crippen LogP contribution in [0, 0.1) is 17.3 Å². The van der Waals surface area contributed by atoms with Crippen LogP contribution in [-0.2, 0) is 0 Å². The number of nitrogens with two attached hydrogens (primary N) is 1. The van der Waals surface area contributed by atoms with Crippen LogP contribution >= 0.6 is 0 Å². The largest absolute Gasteiger partial charge is 0.327 e. The van der Waals surface area contributed by atoms with E-state index in [4.69, 9.17) is 5.73 Å². The van der Waals surface area contributed by atoms with Crippen molar-refractivity contribution in [3.8, 4) is 0 Å². The van der Waals surface area contributed by atoms with Crippen LogP contribution in [-0.4, -0.2) is 6.04 Å². The molecule has 1 heteroatoms. The molecule has 1 nitrogen and oxygen atoms in total. The molecule has 13 heavy (non-hydrogen) atoms. The highest BCUT2D eigenvalue weighted by molar-refractivity contribution is 5.09. The van der Waals surface area contributed by atoms with Crippen molar-refractivity contribution in [2.75, 3.05) is 0 Å². The van der Waals surface area contributed by atoms with Gasteiger partial charge < -0.3 is 5.73 Å². The summed E-state index contributed by atoms with van der Waals surface area (Å²) in [5.41, 5.74) is 7.06. The average molecular weight is 179 g/mol. The molecule has 2 N–H and O–H groups in total. The van der Waals surface area contributed by atoms with Crippen LogP contribution in [0.15, 0.2) is 0 Å². The van der Waals surface area contributed by atoms with Gasteiger partial charge in [0.05, 0.1) is 0 Å². The van der Waals surface area contributed by atoms with Crippen molar-refractivity contribution in [1.29, 1.82) is 0 Å². The second-order valence-electron chi connectivity index (χ2n) is 5.59. The fourth-order valence-electron chi connectivity index (χ4n) is 4.56. The van der Waals surface area contributed by atoms with Gasteiger partial charge in [0.15, 0.2) is 0 Å². The van der Waals surface area contributed by atoms with Crippen LogP contribution in [0.25, 0.3) is 0 Å². The molecular formula is C12H21N. The van der Waals surface area contributed by atoms with Gasteiger partial charge in [-0.1, -0.05) is 19.3 Å². The maximum atomic E-state index is 6.43. The van der Waals surface area contributed by atoms with Crippen molar-refractivity contribution in [1.82, 2.24) is 0 Å². The van der Waals surface area contributed by atoms with Crippen molar-refractivity contribution in [3.63, 3.8) is 0 Å². The Morgan fingerprint density at radius 3 is 2.38 bits per heavy atom. The number of hydrogen-bond acceptors (Lipinski definition) is 1. The molecule has 0 amide bonds. The van der Waals surface area contributed by atoms with Gasteiger partial charge in [-0.2, -0.15) is 0 Å². The van der Waals surface area contributed by atoms with E-state index >= 15 is 0 Å². The van der Waals surface area contributed by atoms with E-state index in [1.54, 1.807) is 0 Å². The van der Waals surface area contributed by atoms with Crippen molar-refractivity contribution in [2.45, 2.75) is 57.4 Å². The molecule has 0 heterocycles. The van der Waals surface area contributed by atoms with E-state index in [9.17, 15) is 0 Å². The first-order valence-corrected chi connectivity index (χ1v) is 6.08. The second-order valence-corrected chi connectivity index (χ2v) is 5.59. The minimum absolute atomic E-state index is 0.576. The van der Waals surface area contributed by atoms with Crippen LogP contribution in [0.3, 0.4) is 0 Å². The molecule has 0 aliphatic heterocycles. The minimum Gasteiger partial charge on any atom is -0.327 e. The first-order valence-electron chi connectivity index (χ1n) is 6.08. The predicted molar refractivity (Wildman–Crippen MR) is 54.3 cm³/mol. The Labute approximate surface area is 81.1 Å². The standard InChI is InChI=1S/C12H21N/c13-11-9-4-5-10(8-9)12(11)6-2-1-3-7-12/h9-11H,1-8,13H2/t9-,10+,11+/m1/s1. The molecule has 3 aliphatic carbocycles. The summed E-state index contributed by atoms with van der Waals surface area (Å²) in [6.07, 6.45) is 11.7. The van der Waals surface area contributed by atoms with Crippen LogP contribution in [0.1, 0.15) is 51.4 Å². The Kier molecular flexibility index (Phi) is 1.74. The predicted octanol–water partition coefficient (Wildman–Crippen LogP) is 2.69. The van der Waals surface area contributed by atoms with Crippen molar-refractivity contribution >= 4 is 0 Å². The Morgan fingerprint density at radius 1 is 1.00 bits per heavy atom. The highest BCUT2D eigenvalue weighted by Crippen LogP contribution is 2.60. The molecule has 0 radical (unpaired) electrons. The molecule has 74 valence electrons. The quantitative estimate of drug-likeness (QED) is 0.608. The smallest absolute Gasteiger partial charge is 0.0127 e. The summed E-state index contributed by atoms with van der Waals surface area (Å²) in [6, 6.07) is 0.576. The zero-order valence-corrected chi connectivity index (χ0v) is 8.47. The molecule has 3 aliphatic rings. The number of hydrogen-bond donors (Lipinski definition) is 1. The normalized spacial score (nSPS) is 47.3. The van der Waals surface area contributed by atoms with Crippen molar-refractivity contribution in [3.05, 3.63) is 0 Å². The lowest BCUT2D eigenvalue weighted by Crippen LogP contribution is -2.47. The van der Waals surface area contributed by atoms with Gasteiger partial charge in [0.1, 0.15) is 0 Å². The van der Waals surface area contributed by atoms with Gasteiger partial charge in [0.2, 0.25) is 0 Å². The Bertz CT molecular complexity index is 201. The third-order valence-corrected chi connectivity index (χ3v) is 5.24. The molecule has 1 spiro atoms. The molecule has 0 saturated heterocycles. The molecule has 0 unspecified atom stereocenters. The highest BCUT2D eigenvalue weighted by Gasteiger charge is 2.55. The third-order valence-electron chi connectivity index (χ3n) is 5.24. The van der Waals surface area contributed by atoms with Gasteiger partial charge >= 0.3 is 0 Å². The van der Waals surface area contributed by atoms with Gasteiger partial charge in [-0.25, -0.2) is 0 Å². The van der Waals surface area contributed by atoms with Gasteiger partial charge in [0.25, 0.3) is 0 Å². The first-order chi connectivity index (χ1) is 6.33. The van der Waals surface area contributed by atoms with Crippen LogP contribution in [0.4, 0.5) is 0 Å². The van der Waals surface area contributed by atoms with Crippen molar-refractivity contribution in [2.24, 2.45) is 23.0 Å². The van der Waals surface area contributed by atoms with Crippen LogP contribution in [0.5, 0.6) is 0 Å². The van der Waals surface area contributed by atoms with E-state index in [0.717, 1.165) is 11.8 Å². The molecule has 0 aromatic carbocycles. The summed E-state index contributed by atoms with van der Waals surface area (Å²) in [6.45, 7) is 0. The topological polar surface area (TPSA) is 26.0 Å². The Morgan fingerprint density at radius 2 is 1.77 bits per heavy atom. The number of rotatable bonds is 0. The number of fused-ring (bicyclic) bond motifs is 3. The second kappa shape index (κ2) is 2.73. The van der Waals surface area contributed by atoms with Gasteiger partial charge in [0, 0.05) is 6.04 Å². The summed E-state index contributed by atoms with van der Waals surface area (Å²) < 4.78 is 0. The fraction of sp³-hybridized carbons (Fsp3) is 1.00. The van der Waals surface area contributed by atoms with Crippen molar-refractivity contribution < 1.29 is 0 Å². The summed E-state index contributed by atoms with van der Waals surface area (Å²) >= 11 is 0. The van der Waals surface area contributed by atoms with Crippen LogP contribution in [0.2, 0.25) is 0 Å².